The van der Waals surface area contributed by atoms with Crippen molar-refractivity contribution in [3.05, 3.63) is 98.1 Å². The van der Waals surface area contributed by atoms with Crippen molar-refractivity contribution in [2.75, 3.05) is 15.5 Å². The lowest BCUT2D eigenvalue weighted by molar-refractivity contribution is -0.137. The van der Waals surface area contributed by atoms with Gasteiger partial charge in [-0.2, -0.15) is 13.2 Å². The SMILES string of the molecule is O=C(Nc1cc(C(F)(F)F)ccc1Cl)c1cccc(NC2=C(Cl)C(=O)N(c3ccc(Br)cc3)C2=O)c1. The Hall–Kier alpha value is -3.34. The zero-order chi connectivity index (χ0) is 26.2. The molecule has 1 heterocycles. The molecule has 0 aromatic heterocycles. The van der Waals surface area contributed by atoms with E-state index in [-0.39, 0.29) is 32.7 Å². The van der Waals surface area contributed by atoms with E-state index in [0.29, 0.717) is 5.69 Å². The number of hydrogen-bond acceptors (Lipinski definition) is 4. The summed E-state index contributed by atoms with van der Waals surface area (Å²) in [6, 6.07) is 14.8. The summed E-state index contributed by atoms with van der Waals surface area (Å²) in [5.41, 5.74) is -0.782. The lowest BCUT2D eigenvalue weighted by atomic mass is 10.1. The number of nitrogens with one attached hydrogen (secondary N) is 2. The van der Waals surface area contributed by atoms with Crippen LogP contribution in [0.4, 0.5) is 30.2 Å². The minimum atomic E-state index is -4.61. The molecule has 0 saturated carbocycles. The van der Waals surface area contributed by atoms with Gasteiger partial charge in [0.2, 0.25) is 0 Å². The topological polar surface area (TPSA) is 78.5 Å². The van der Waals surface area contributed by atoms with Crippen LogP contribution in [0.15, 0.2) is 81.9 Å². The minimum absolute atomic E-state index is 0.0479. The molecule has 2 N–H and O–H groups in total. The number of rotatable bonds is 5. The summed E-state index contributed by atoms with van der Waals surface area (Å²) in [7, 11) is 0. The van der Waals surface area contributed by atoms with Crippen LogP contribution in [-0.2, 0) is 15.8 Å². The molecule has 0 spiro atoms. The highest BCUT2D eigenvalue weighted by atomic mass is 79.9. The summed E-state index contributed by atoms with van der Waals surface area (Å²) in [6.45, 7) is 0. The number of imide groups is 1. The van der Waals surface area contributed by atoms with Gasteiger partial charge in [-0.1, -0.05) is 45.2 Å². The summed E-state index contributed by atoms with van der Waals surface area (Å²) < 4.78 is 39.8. The maximum absolute atomic E-state index is 13.0. The zero-order valence-electron chi connectivity index (χ0n) is 17.8. The average molecular weight is 599 g/mol. The maximum Gasteiger partial charge on any atom is 0.416 e. The minimum Gasteiger partial charge on any atom is -0.350 e. The molecule has 3 aromatic carbocycles. The average Bonchev–Trinajstić information content (AvgIpc) is 3.03. The molecule has 3 aromatic rings. The van der Waals surface area contributed by atoms with Crippen LogP contribution < -0.4 is 15.5 Å². The molecule has 0 atom stereocenters. The van der Waals surface area contributed by atoms with Crippen LogP contribution >= 0.6 is 39.1 Å². The summed E-state index contributed by atoms with van der Waals surface area (Å²) >= 11 is 15.4. The van der Waals surface area contributed by atoms with E-state index in [1.807, 2.05) is 0 Å². The second kappa shape index (κ2) is 9.96. The van der Waals surface area contributed by atoms with Gasteiger partial charge in [0.05, 0.1) is 22.0 Å². The number of benzene rings is 3. The number of hydrogen-bond donors (Lipinski definition) is 2. The first-order valence-electron chi connectivity index (χ1n) is 10.0. The van der Waals surface area contributed by atoms with E-state index in [1.54, 1.807) is 24.3 Å². The molecule has 6 nitrogen and oxygen atoms in total. The Labute approximate surface area is 220 Å². The van der Waals surface area contributed by atoms with Crippen LogP contribution in [0.1, 0.15) is 15.9 Å². The molecule has 0 unspecified atom stereocenters. The van der Waals surface area contributed by atoms with Crippen LogP contribution in [0, 0.1) is 0 Å². The van der Waals surface area contributed by atoms with Gasteiger partial charge in [0.15, 0.2) is 0 Å². The highest BCUT2D eigenvalue weighted by Gasteiger charge is 2.39. The number of carbonyl (C=O) groups is 3. The zero-order valence-corrected chi connectivity index (χ0v) is 20.9. The number of carbonyl (C=O) groups excluding carboxylic acids is 3. The number of nitrogens with zero attached hydrogens (tertiary/aromatic N) is 1. The summed E-state index contributed by atoms with van der Waals surface area (Å²) in [4.78, 5) is 39.2. The van der Waals surface area contributed by atoms with Gasteiger partial charge in [0, 0.05) is 15.7 Å². The van der Waals surface area contributed by atoms with Crippen LogP contribution in [0.25, 0.3) is 0 Å². The molecule has 0 aliphatic carbocycles. The number of halogens is 6. The molecule has 3 amide bonds. The third-order valence-corrected chi connectivity index (χ3v) is 6.26. The van der Waals surface area contributed by atoms with E-state index in [4.69, 9.17) is 23.2 Å². The molecule has 1 aliphatic rings. The molecule has 184 valence electrons. The van der Waals surface area contributed by atoms with Gasteiger partial charge in [-0.15, -0.1) is 0 Å². The van der Waals surface area contributed by atoms with Gasteiger partial charge in [-0.05, 0) is 60.7 Å². The third-order valence-electron chi connectivity index (χ3n) is 5.05. The highest BCUT2D eigenvalue weighted by Crippen LogP contribution is 2.34. The molecule has 12 heteroatoms. The van der Waals surface area contributed by atoms with Crippen molar-refractivity contribution in [3.8, 4) is 0 Å². The van der Waals surface area contributed by atoms with Crippen LogP contribution in [0.5, 0.6) is 0 Å². The Morgan fingerprint density at radius 1 is 0.917 bits per heavy atom. The predicted molar refractivity (Wildman–Crippen MR) is 134 cm³/mol. The van der Waals surface area contributed by atoms with Gasteiger partial charge < -0.3 is 10.6 Å². The number of amides is 3. The normalized spacial score (nSPS) is 13.9. The second-order valence-corrected chi connectivity index (χ2v) is 9.16. The van der Waals surface area contributed by atoms with Crippen LogP contribution in [0.2, 0.25) is 5.02 Å². The molecule has 0 bridgehead atoms. The first-order chi connectivity index (χ1) is 17.0. The molecule has 4 rings (SSSR count). The van der Waals surface area contributed by atoms with E-state index in [9.17, 15) is 27.6 Å². The lowest BCUT2D eigenvalue weighted by Crippen LogP contribution is -2.32. The number of anilines is 3. The van der Waals surface area contributed by atoms with E-state index in [2.05, 4.69) is 26.6 Å². The van der Waals surface area contributed by atoms with Gasteiger partial charge in [-0.3, -0.25) is 14.4 Å². The van der Waals surface area contributed by atoms with Crippen LogP contribution in [-0.4, -0.2) is 17.7 Å². The molecular formula is C24H13BrCl2F3N3O3. The molecule has 1 aliphatic heterocycles. The Bertz CT molecular complexity index is 1430. The highest BCUT2D eigenvalue weighted by molar-refractivity contribution is 9.10. The molecule has 0 saturated heterocycles. The van der Waals surface area contributed by atoms with E-state index in [0.717, 1.165) is 27.6 Å². The monoisotopic (exact) mass is 597 g/mol. The van der Waals surface area contributed by atoms with Crippen molar-refractivity contribution < 1.29 is 27.6 Å². The van der Waals surface area contributed by atoms with E-state index in [1.165, 1.54) is 24.3 Å². The van der Waals surface area contributed by atoms with Gasteiger partial charge >= 0.3 is 6.18 Å². The fraction of sp³-hybridized carbons (Fsp3) is 0.0417. The standard InChI is InChI=1S/C24H13BrCl2F3N3O3/c25-14-5-7-16(8-6-14)33-22(35)19(27)20(23(33)36)31-15-3-1-2-12(10-15)21(34)32-18-11-13(24(28,29)30)4-9-17(18)26/h1-11,31H,(H,32,34). The van der Waals surface area contributed by atoms with Crippen molar-refractivity contribution in [2.24, 2.45) is 0 Å². The second-order valence-electron chi connectivity index (χ2n) is 7.46. The van der Waals surface area contributed by atoms with Gasteiger partial charge in [-0.25, -0.2) is 4.90 Å². The summed E-state index contributed by atoms with van der Waals surface area (Å²) in [5, 5.41) is 4.68. The Morgan fingerprint density at radius 3 is 2.28 bits per heavy atom. The lowest BCUT2D eigenvalue weighted by Gasteiger charge is -2.15. The third kappa shape index (κ3) is 5.25. The maximum atomic E-state index is 13.0. The summed E-state index contributed by atoms with van der Waals surface area (Å²) in [5.74, 6) is -2.16. The van der Waals surface area contributed by atoms with E-state index < -0.39 is 29.5 Å². The Balaban J connectivity index is 1.54. The Morgan fingerprint density at radius 2 is 1.61 bits per heavy atom. The van der Waals surface area contributed by atoms with Crippen molar-refractivity contribution >= 4 is 73.9 Å². The molecule has 0 radical (unpaired) electrons. The predicted octanol–water partition coefficient (Wildman–Crippen LogP) is 6.81. The molecular weight excluding hydrogens is 586 g/mol. The van der Waals surface area contributed by atoms with Crippen molar-refractivity contribution in [1.82, 2.24) is 0 Å². The summed E-state index contributed by atoms with van der Waals surface area (Å²) in [6.07, 6.45) is -4.61. The quantitative estimate of drug-likeness (QED) is 0.316. The number of alkyl halides is 3. The van der Waals surface area contributed by atoms with E-state index >= 15 is 0 Å². The van der Waals surface area contributed by atoms with Crippen molar-refractivity contribution in [3.63, 3.8) is 0 Å². The largest absolute Gasteiger partial charge is 0.416 e. The first-order valence-corrected chi connectivity index (χ1v) is 11.6. The van der Waals surface area contributed by atoms with Crippen LogP contribution in [0.3, 0.4) is 0 Å². The van der Waals surface area contributed by atoms with Crippen molar-refractivity contribution in [1.29, 1.82) is 0 Å². The molecule has 36 heavy (non-hydrogen) atoms. The first kappa shape index (κ1) is 25.7. The fourth-order valence-corrected chi connectivity index (χ4v) is 3.95. The fourth-order valence-electron chi connectivity index (χ4n) is 3.31. The molecule has 0 fully saturated rings. The smallest absolute Gasteiger partial charge is 0.350 e. The van der Waals surface area contributed by atoms with Gasteiger partial charge in [0.25, 0.3) is 17.7 Å². The Kier molecular flexibility index (Phi) is 7.12. The van der Waals surface area contributed by atoms with Gasteiger partial charge in [0.1, 0.15) is 10.7 Å². The van der Waals surface area contributed by atoms with Crippen molar-refractivity contribution in [2.45, 2.75) is 6.18 Å².